The van der Waals surface area contributed by atoms with Crippen LogP contribution in [0.1, 0.15) is 50.0 Å². The Bertz CT molecular complexity index is 704. The summed E-state index contributed by atoms with van der Waals surface area (Å²) < 4.78 is 35.0. The van der Waals surface area contributed by atoms with Gasteiger partial charge in [0.2, 0.25) is 0 Å². The molecule has 1 fully saturated rings. The molecule has 2 heterocycles. The number of benzene rings is 1. The Hall–Kier alpha value is -1.79. The second kappa shape index (κ2) is 8.06. The molecule has 3 atom stereocenters. The van der Waals surface area contributed by atoms with Crippen LogP contribution in [0, 0.1) is 17.6 Å². The van der Waals surface area contributed by atoms with Gasteiger partial charge in [0, 0.05) is 55.0 Å². The molecular weight excluding hydrogens is 324 g/mol. The monoisotopic (exact) mass is 349 g/mol. The maximum atomic E-state index is 14.1. The van der Waals surface area contributed by atoms with Gasteiger partial charge in [-0.15, -0.1) is 0 Å². The van der Waals surface area contributed by atoms with Gasteiger partial charge in [-0.05, 0) is 25.8 Å². The summed E-state index contributed by atoms with van der Waals surface area (Å²) in [5.74, 6) is -0.733. The van der Waals surface area contributed by atoms with Gasteiger partial charge < -0.3 is 10.1 Å². The molecule has 1 saturated heterocycles. The average molecular weight is 349 g/mol. The number of ether oxygens (including phenoxy) is 1. The molecule has 6 heteroatoms. The lowest BCUT2D eigenvalue weighted by molar-refractivity contribution is 0.0896. The van der Waals surface area contributed by atoms with E-state index in [1.807, 2.05) is 24.0 Å². The molecule has 0 radical (unpaired) electrons. The van der Waals surface area contributed by atoms with Gasteiger partial charge in [-0.25, -0.2) is 8.78 Å². The zero-order valence-electron chi connectivity index (χ0n) is 14.7. The maximum Gasteiger partial charge on any atom is 0.130 e. The Balaban J connectivity index is 1.66. The largest absolute Gasteiger partial charge is 0.373 e. The molecular formula is C19H25F2N3O. The van der Waals surface area contributed by atoms with Crippen molar-refractivity contribution in [2.75, 3.05) is 13.2 Å². The van der Waals surface area contributed by atoms with Crippen LogP contribution >= 0.6 is 0 Å². The van der Waals surface area contributed by atoms with E-state index in [2.05, 4.69) is 17.3 Å². The highest BCUT2D eigenvalue weighted by Crippen LogP contribution is 2.34. The topological polar surface area (TPSA) is 39.1 Å². The van der Waals surface area contributed by atoms with E-state index in [4.69, 9.17) is 4.74 Å². The van der Waals surface area contributed by atoms with Crippen LogP contribution in [0.15, 0.2) is 30.6 Å². The number of hydrogen-bond acceptors (Lipinski definition) is 3. The summed E-state index contributed by atoms with van der Waals surface area (Å²) in [6.07, 6.45) is 5.60. The van der Waals surface area contributed by atoms with Gasteiger partial charge in [0.05, 0.1) is 12.3 Å². The van der Waals surface area contributed by atoms with Crippen molar-refractivity contribution in [3.63, 3.8) is 0 Å². The highest BCUT2D eigenvalue weighted by atomic mass is 19.1. The van der Waals surface area contributed by atoms with E-state index in [-0.39, 0.29) is 12.1 Å². The zero-order valence-corrected chi connectivity index (χ0v) is 14.7. The summed E-state index contributed by atoms with van der Waals surface area (Å²) in [5, 5.41) is 7.76. The summed E-state index contributed by atoms with van der Waals surface area (Å²) >= 11 is 0. The Labute approximate surface area is 147 Å². The Morgan fingerprint density at radius 3 is 2.88 bits per heavy atom. The third kappa shape index (κ3) is 4.07. The van der Waals surface area contributed by atoms with Crippen molar-refractivity contribution in [1.29, 1.82) is 0 Å². The van der Waals surface area contributed by atoms with Crippen molar-refractivity contribution in [3.05, 3.63) is 53.4 Å². The minimum absolute atomic E-state index is 0.0170. The second-order valence-corrected chi connectivity index (χ2v) is 6.50. The number of halogens is 2. The van der Waals surface area contributed by atoms with E-state index in [0.717, 1.165) is 44.2 Å². The quantitative estimate of drug-likeness (QED) is 0.821. The van der Waals surface area contributed by atoms with Gasteiger partial charge in [-0.2, -0.15) is 5.10 Å². The van der Waals surface area contributed by atoms with Crippen molar-refractivity contribution in [3.8, 4) is 0 Å². The van der Waals surface area contributed by atoms with Gasteiger partial charge in [-0.3, -0.25) is 4.68 Å². The molecule has 0 amide bonds. The number of aryl methyl sites for hydroxylation is 1. The number of nitrogens with one attached hydrogen (secondary N) is 1. The summed E-state index contributed by atoms with van der Waals surface area (Å²) in [7, 11) is 0. The van der Waals surface area contributed by atoms with Crippen LogP contribution in [-0.2, 0) is 11.3 Å². The van der Waals surface area contributed by atoms with Gasteiger partial charge in [0.1, 0.15) is 11.6 Å². The summed E-state index contributed by atoms with van der Waals surface area (Å²) in [6, 6.07) is 3.64. The van der Waals surface area contributed by atoms with Crippen molar-refractivity contribution >= 4 is 0 Å². The molecule has 3 rings (SSSR count). The van der Waals surface area contributed by atoms with E-state index in [9.17, 15) is 8.78 Å². The maximum absolute atomic E-state index is 14.1. The van der Waals surface area contributed by atoms with Crippen LogP contribution in [0.5, 0.6) is 0 Å². The SMILES string of the molecule is CC[C@H](NC[C@H]1CCO[C@@H]1c1cnn(CC)c1)c1ccc(F)cc1F. The smallest absolute Gasteiger partial charge is 0.130 e. The molecule has 136 valence electrons. The molecule has 1 aliphatic rings. The molecule has 4 nitrogen and oxygen atoms in total. The fourth-order valence-electron chi connectivity index (χ4n) is 3.46. The molecule has 1 aromatic carbocycles. The fourth-order valence-corrected chi connectivity index (χ4v) is 3.46. The van der Waals surface area contributed by atoms with E-state index in [1.165, 1.54) is 12.1 Å². The predicted octanol–water partition coefficient (Wildman–Crippen LogP) is 4.00. The molecule has 1 aliphatic heterocycles. The Kier molecular flexibility index (Phi) is 5.81. The van der Waals surface area contributed by atoms with E-state index >= 15 is 0 Å². The van der Waals surface area contributed by atoms with Crippen LogP contribution in [0.25, 0.3) is 0 Å². The first-order chi connectivity index (χ1) is 12.1. The standard InChI is InChI=1S/C19H25F2N3O/c1-3-18(16-6-5-15(20)9-17(16)21)22-10-13-7-8-25-19(13)14-11-23-24(4-2)12-14/h5-6,9,11-13,18-19,22H,3-4,7-8,10H2,1-2H3/t13-,18+,19+/m1/s1. The second-order valence-electron chi connectivity index (χ2n) is 6.50. The highest BCUT2D eigenvalue weighted by Gasteiger charge is 2.31. The van der Waals surface area contributed by atoms with E-state index in [1.54, 1.807) is 0 Å². The van der Waals surface area contributed by atoms with Crippen molar-refractivity contribution in [2.24, 2.45) is 5.92 Å². The number of nitrogens with zero attached hydrogens (tertiary/aromatic N) is 2. The normalized spacial score (nSPS) is 21.6. The molecule has 0 bridgehead atoms. The predicted molar refractivity (Wildman–Crippen MR) is 92.1 cm³/mol. The Morgan fingerprint density at radius 1 is 1.36 bits per heavy atom. The van der Waals surface area contributed by atoms with Crippen molar-refractivity contribution in [2.45, 2.75) is 45.4 Å². The van der Waals surface area contributed by atoms with Crippen LogP contribution in [0.3, 0.4) is 0 Å². The number of hydrogen-bond donors (Lipinski definition) is 1. The summed E-state index contributed by atoms with van der Waals surface area (Å²) in [4.78, 5) is 0. The number of aromatic nitrogens is 2. The van der Waals surface area contributed by atoms with E-state index in [0.29, 0.717) is 11.5 Å². The van der Waals surface area contributed by atoms with Gasteiger partial charge >= 0.3 is 0 Å². The van der Waals surface area contributed by atoms with Crippen molar-refractivity contribution in [1.82, 2.24) is 15.1 Å². The van der Waals surface area contributed by atoms with Crippen LogP contribution < -0.4 is 5.32 Å². The summed E-state index contributed by atoms with van der Waals surface area (Å²) in [6.45, 7) is 6.31. The lowest BCUT2D eigenvalue weighted by Crippen LogP contribution is -2.29. The van der Waals surface area contributed by atoms with Gasteiger partial charge in [0.25, 0.3) is 0 Å². The molecule has 0 aliphatic carbocycles. The lowest BCUT2D eigenvalue weighted by Gasteiger charge is -2.23. The van der Waals surface area contributed by atoms with Gasteiger partial charge in [-0.1, -0.05) is 13.0 Å². The number of rotatable bonds is 7. The Morgan fingerprint density at radius 2 is 2.20 bits per heavy atom. The average Bonchev–Trinajstić information content (AvgIpc) is 3.25. The molecule has 2 aromatic rings. The molecule has 0 spiro atoms. The van der Waals surface area contributed by atoms with Crippen LogP contribution in [-0.4, -0.2) is 22.9 Å². The molecule has 0 unspecified atom stereocenters. The molecule has 1 N–H and O–H groups in total. The molecule has 25 heavy (non-hydrogen) atoms. The fraction of sp³-hybridized carbons (Fsp3) is 0.526. The third-order valence-electron chi connectivity index (χ3n) is 4.89. The minimum atomic E-state index is -0.548. The highest BCUT2D eigenvalue weighted by molar-refractivity contribution is 5.22. The van der Waals surface area contributed by atoms with Gasteiger partial charge in [0.15, 0.2) is 0 Å². The summed E-state index contributed by atoms with van der Waals surface area (Å²) in [5.41, 5.74) is 1.60. The third-order valence-corrected chi connectivity index (χ3v) is 4.89. The molecule has 0 saturated carbocycles. The van der Waals surface area contributed by atoms with Crippen LogP contribution in [0.2, 0.25) is 0 Å². The first kappa shape index (κ1) is 18.0. The van der Waals surface area contributed by atoms with E-state index < -0.39 is 11.6 Å². The minimum Gasteiger partial charge on any atom is -0.373 e. The first-order valence-electron chi connectivity index (χ1n) is 8.94. The van der Waals surface area contributed by atoms with Crippen molar-refractivity contribution < 1.29 is 13.5 Å². The van der Waals surface area contributed by atoms with Crippen LogP contribution in [0.4, 0.5) is 8.78 Å². The lowest BCUT2D eigenvalue weighted by atomic mass is 9.96. The zero-order chi connectivity index (χ0) is 17.8. The molecule has 1 aromatic heterocycles. The first-order valence-corrected chi connectivity index (χ1v) is 8.94.